The molecule has 0 aromatic carbocycles. The van der Waals surface area contributed by atoms with Crippen LogP contribution in [0.4, 0.5) is 4.79 Å². The predicted octanol–water partition coefficient (Wildman–Crippen LogP) is 3.79. The Morgan fingerprint density at radius 3 is 1.25 bits per heavy atom. The molecule has 0 aliphatic rings. The van der Waals surface area contributed by atoms with E-state index in [1.165, 1.54) is 64.5 Å². The van der Waals surface area contributed by atoms with Gasteiger partial charge in [0.15, 0.2) is 0 Å². The Morgan fingerprint density at radius 1 is 0.750 bits per heavy atom. The molecule has 5 nitrogen and oxygen atoms in total. The summed E-state index contributed by atoms with van der Waals surface area (Å²) >= 11 is 0. The summed E-state index contributed by atoms with van der Waals surface area (Å²) in [5.41, 5.74) is 0. The lowest BCUT2D eigenvalue weighted by Crippen LogP contribution is -2.06. The number of carboxylic acid groups (broad SMARTS) is 2. The van der Waals surface area contributed by atoms with E-state index in [9.17, 15) is 0 Å². The van der Waals surface area contributed by atoms with Crippen LogP contribution in [-0.2, 0) is 0 Å². The Morgan fingerprint density at radius 2 is 1.05 bits per heavy atom. The molecular weight excluding hydrogens is 256 g/mol. The SMILES string of the molecule is CCCCCCNC.CCCCCCNC.O=C(O)O. The highest BCUT2D eigenvalue weighted by Gasteiger charge is 1.83. The molecule has 4 N–H and O–H groups in total. The first kappa shape index (κ1) is 24.2. The maximum Gasteiger partial charge on any atom is 0.503 e. The molecule has 20 heavy (non-hydrogen) atoms. The van der Waals surface area contributed by atoms with Crippen molar-refractivity contribution >= 4 is 6.16 Å². The maximum atomic E-state index is 8.56. The van der Waals surface area contributed by atoms with E-state index in [0.29, 0.717) is 0 Å². The lowest BCUT2D eigenvalue weighted by Gasteiger charge is -1.95. The van der Waals surface area contributed by atoms with Gasteiger partial charge < -0.3 is 20.8 Å². The van der Waals surface area contributed by atoms with Gasteiger partial charge in [0, 0.05) is 0 Å². The molecule has 0 radical (unpaired) electrons. The first-order valence-electron chi connectivity index (χ1n) is 7.77. The van der Waals surface area contributed by atoms with Crippen LogP contribution in [0.25, 0.3) is 0 Å². The lowest BCUT2D eigenvalue weighted by molar-refractivity contribution is 0.137. The zero-order valence-electron chi connectivity index (χ0n) is 13.9. The molecular formula is C15H36N2O3. The predicted molar refractivity (Wildman–Crippen MR) is 86.8 cm³/mol. The maximum absolute atomic E-state index is 8.56. The number of unbranched alkanes of at least 4 members (excludes halogenated alkanes) is 6. The van der Waals surface area contributed by atoms with E-state index < -0.39 is 6.16 Å². The van der Waals surface area contributed by atoms with E-state index in [-0.39, 0.29) is 0 Å². The van der Waals surface area contributed by atoms with Gasteiger partial charge in [-0.1, -0.05) is 52.4 Å². The average Bonchev–Trinajstić information content (AvgIpc) is 2.40. The summed E-state index contributed by atoms with van der Waals surface area (Å²) in [5, 5.41) is 20.2. The van der Waals surface area contributed by atoms with Crippen molar-refractivity contribution < 1.29 is 15.0 Å². The number of hydrogen-bond donors (Lipinski definition) is 4. The third-order valence-electron chi connectivity index (χ3n) is 2.56. The fourth-order valence-corrected chi connectivity index (χ4v) is 1.46. The van der Waals surface area contributed by atoms with E-state index in [0.717, 1.165) is 0 Å². The van der Waals surface area contributed by atoms with Crippen LogP contribution in [-0.4, -0.2) is 43.6 Å². The first-order valence-corrected chi connectivity index (χ1v) is 7.77. The van der Waals surface area contributed by atoms with Gasteiger partial charge in [-0.2, -0.15) is 0 Å². The zero-order valence-corrected chi connectivity index (χ0v) is 13.9. The Balaban J connectivity index is -0.000000230. The summed E-state index contributed by atoms with van der Waals surface area (Å²) < 4.78 is 0. The van der Waals surface area contributed by atoms with Crippen LogP contribution in [0.3, 0.4) is 0 Å². The molecule has 0 unspecified atom stereocenters. The van der Waals surface area contributed by atoms with E-state index >= 15 is 0 Å². The number of hydrogen-bond acceptors (Lipinski definition) is 3. The highest BCUT2D eigenvalue weighted by molar-refractivity contribution is 5.53. The van der Waals surface area contributed by atoms with Gasteiger partial charge in [-0.25, -0.2) is 4.79 Å². The highest BCUT2D eigenvalue weighted by Crippen LogP contribution is 1.96. The smallest absolute Gasteiger partial charge is 0.450 e. The molecule has 5 heteroatoms. The van der Waals surface area contributed by atoms with Crippen molar-refractivity contribution in [1.29, 1.82) is 0 Å². The van der Waals surface area contributed by atoms with Crippen LogP contribution < -0.4 is 10.6 Å². The summed E-state index contributed by atoms with van der Waals surface area (Å²) in [4.78, 5) is 8.56. The van der Waals surface area contributed by atoms with E-state index in [1.807, 2.05) is 14.1 Å². The first-order chi connectivity index (χ1) is 9.56. The minimum Gasteiger partial charge on any atom is -0.450 e. The van der Waals surface area contributed by atoms with Crippen molar-refractivity contribution in [3.8, 4) is 0 Å². The molecule has 0 saturated carbocycles. The van der Waals surface area contributed by atoms with E-state index in [4.69, 9.17) is 15.0 Å². The van der Waals surface area contributed by atoms with Crippen molar-refractivity contribution in [2.24, 2.45) is 0 Å². The Labute approximate surface area is 125 Å². The third-order valence-corrected chi connectivity index (χ3v) is 2.56. The van der Waals surface area contributed by atoms with Gasteiger partial charge in [-0.05, 0) is 40.0 Å². The molecule has 0 aromatic rings. The topological polar surface area (TPSA) is 81.6 Å². The lowest BCUT2D eigenvalue weighted by atomic mass is 10.2. The van der Waals surface area contributed by atoms with E-state index in [1.54, 1.807) is 0 Å². The van der Waals surface area contributed by atoms with Gasteiger partial charge in [0.05, 0.1) is 0 Å². The standard InChI is InChI=1S/2C7H17N.CH2O3/c2*1-3-4-5-6-7-8-2;2-1(3)4/h2*8H,3-7H2,1-2H3;(H2,2,3,4). The minimum absolute atomic E-state index is 1.18. The van der Waals surface area contributed by atoms with Gasteiger partial charge in [0.1, 0.15) is 0 Å². The monoisotopic (exact) mass is 292 g/mol. The largest absolute Gasteiger partial charge is 0.503 e. The van der Waals surface area contributed by atoms with Crippen LogP contribution in [0, 0.1) is 0 Å². The second kappa shape index (κ2) is 26.7. The number of rotatable bonds is 10. The van der Waals surface area contributed by atoms with Gasteiger partial charge in [0.2, 0.25) is 0 Å². The molecule has 0 amide bonds. The van der Waals surface area contributed by atoms with Crippen LogP contribution in [0.5, 0.6) is 0 Å². The summed E-state index contributed by atoms with van der Waals surface area (Å²) in [5.74, 6) is 0. The molecule has 0 atom stereocenters. The summed E-state index contributed by atoms with van der Waals surface area (Å²) in [6.07, 6.45) is 9.07. The molecule has 0 aliphatic heterocycles. The van der Waals surface area contributed by atoms with Crippen molar-refractivity contribution in [2.75, 3.05) is 27.2 Å². The number of carbonyl (C=O) groups is 1. The Bertz CT molecular complexity index is 139. The Hall–Kier alpha value is -0.810. The van der Waals surface area contributed by atoms with Crippen molar-refractivity contribution in [3.05, 3.63) is 0 Å². The quantitative estimate of drug-likeness (QED) is 0.460. The zero-order chi connectivity index (χ0) is 16.1. The van der Waals surface area contributed by atoms with Crippen molar-refractivity contribution in [3.63, 3.8) is 0 Å². The van der Waals surface area contributed by atoms with Gasteiger partial charge in [0.25, 0.3) is 0 Å². The Kier molecular flexibility index (Phi) is 32.3. The van der Waals surface area contributed by atoms with Gasteiger partial charge in [-0.3, -0.25) is 0 Å². The molecule has 0 rings (SSSR count). The van der Waals surface area contributed by atoms with Gasteiger partial charge in [-0.15, -0.1) is 0 Å². The molecule has 0 spiro atoms. The van der Waals surface area contributed by atoms with E-state index in [2.05, 4.69) is 24.5 Å². The summed E-state index contributed by atoms with van der Waals surface area (Å²) in [6.45, 7) is 6.83. The molecule has 0 heterocycles. The normalized spacial score (nSPS) is 9.00. The molecule has 0 aliphatic carbocycles. The fourth-order valence-electron chi connectivity index (χ4n) is 1.46. The van der Waals surface area contributed by atoms with Crippen molar-refractivity contribution in [1.82, 2.24) is 10.6 Å². The number of nitrogens with one attached hydrogen (secondary N) is 2. The molecule has 0 fully saturated rings. The van der Waals surface area contributed by atoms with Crippen molar-refractivity contribution in [2.45, 2.75) is 65.2 Å². The highest BCUT2D eigenvalue weighted by atomic mass is 16.6. The van der Waals surface area contributed by atoms with Crippen LogP contribution in [0.1, 0.15) is 65.2 Å². The second-order valence-electron chi connectivity index (χ2n) is 4.61. The molecule has 0 saturated heterocycles. The molecule has 0 aromatic heterocycles. The van der Waals surface area contributed by atoms with Gasteiger partial charge >= 0.3 is 6.16 Å². The summed E-state index contributed by atoms with van der Waals surface area (Å²) in [6, 6.07) is 0. The molecule has 0 bridgehead atoms. The third kappa shape index (κ3) is 53.4. The fraction of sp³-hybridized carbons (Fsp3) is 0.933. The minimum atomic E-state index is -1.83. The van der Waals surface area contributed by atoms with Crippen LogP contribution in [0.2, 0.25) is 0 Å². The van der Waals surface area contributed by atoms with Crippen LogP contribution >= 0.6 is 0 Å². The van der Waals surface area contributed by atoms with Crippen LogP contribution in [0.15, 0.2) is 0 Å². The second-order valence-corrected chi connectivity index (χ2v) is 4.61. The summed E-state index contributed by atoms with van der Waals surface area (Å²) in [7, 11) is 4.01. The molecule has 124 valence electrons. The average molecular weight is 292 g/mol.